The molecule has 1 aliphatic heterocycles. The molecule has 0 bridgehead atoms. The van der Waals surface area contributed by atoms with Crippen LogP contribution >= 0.6 is 0 Å². The number of hydrogen-bond acceptors (Lipinski definition) is 5. The number of hydrogen-bond donors (Lipinski definition) is 1. The second-order valence-corrected chi connectivity index (χ2v) is 7.67. The topological polar surface area (TPSA) is 75.7 Å². The minimum absolute atomic E-state index is 0.0704. The lowest BCUT2D eigenvalue weighted by molar-refractivity contribution is -0.139. The van der Waals surface area contributed by atoms with Crippen LogP contribution in [0.4, 0.5) is 0 Å². The number of nitrogens with zero attached hydrogens (tertiary/aromatic N) is 1. The molecule has 23 heavy (non-hydrogen) atoms. The van der Waals surface area contributed by atoms with Gasteiger partial charge in [-0.15, -0.1) is 0 Å². The van der Waals surface area contributed by atoms with E-state index >= 15 is 0 Å². The van der Waals surface area contributed by atoms with Crippen LogP contribution in [-0.4, -0.2) is 51.5 Å². The van der Waals surface area contributed by atoms with Crippen LogP contribution in [0, 0.1) is 0 Å². The Labute approximate surface area is 137 Å². The van der Waals surface area contributed by atoms with Gasteiger partial charge >= 0.3 is 5.97 Å². The largest absolute Gasteiger partial charge is 0.469 e. The zero-order valence-corrected chi connectivity index (χ0v) is 14.6. The molecule has 1 atom stereocenters. The van der Waals surface area contributed by atoms with Crippen LogP contribution < -0.4 is 5.32 Å². The highest BCUT2D eigenvalue weighted by atomic mass is 32.2. The van der Waals surface area contributed by atoms with Crippen LogP contribution in [-0.2, 0) is 32.4 Å². The fourth-order valence-electron chi connectivity index (χ4n) is 2.73. The quantitative estimate of drug-likeness (QED) is 0.808. The van der Waals surface area contributed by atoms with Gasteiger partial charge in [-0.2, -0.15) is 4.31 Å². The lowest BCUT2D eigenvalue weighted by Gasteiger charge is -2.31. The molecule has 7 heteroatoms. The lowest BCUT2D eigenvalue weighted by atomic mass is 10.1. The van der Waals surface area contributed by atoms with Crippen LogP contribution in [0.15, 0.2) is 23.1 Å². The van der Waals surface area contributed by atoms with Crippen molar-refractivity contribution in [2.24, 2.45) is 0 Å². The summed E-state index contributed by atoms with van der Waals surface area (Å²) in [5, 5.41) is 3.24. The second kappa shape index (κ2) is 7.42. The number of ether oxygens (including phenoxy) is 1. The van der Waals surface area contributed by atoms with E-state index in [1.54, 1.807) is 18.2 Å². The first-order chi connectivity index (χ1) is 10.9. The van der Waals surface area contributed by atoms with Crippen LogP contribution in [0.5, 0.6) is 0 Å². The van der Waals surface area contributed by atoms with Gasteiger partial charge in [-0.25, -0.2) is 8.42 Å². The lowest BCUT2D eigenvalue weighted by Crippen LogP contribution is -2.51. The minimum Gasteiger partial charge on any atom is -0.469 e. The van der Waals surface area contributed by atoms with Gasteiger partial charge in [-0.05, 0) is 30.5 Å². The molecular formula is C16H24N2O4S. The molecule has 6 nitrogen and oxygen atoms in total. The number of esters is 1. The number of carbonyl (C=O) groups is 1. The van der Waals surface area contributed by atoms with E-state index < -0.39 is 10.0 Å². The highest BCUT2D eigenvalue weighted by Gasteiger charge is 2.30. The van der Waals surface area contributed by atoms with Crippen molar-refractivity contribution in [3.05, 3.63) is 29.3 Å². The van der Waals surface area contributed by atoms with Crippen molar-refractivity contribution in [3.63, 3.8) is 0 Å². The summed E-state index contributed by atoms with van der Waals surface area (Å²) in [6.07, 6.45) is 0.690. The van der Waals surface area contributed by atoms with Crippen molar-refractivity contribution in [1.82, 2.24) is 9.62 Å². The summed E-state index contributed by atoms with van der Waals surface area (Å²) in [6, 6.07) is 5.31. The van der Waals surface area contributed by atoms with Crippen molar-refractivity contribution in [2.45, 2.75) is 37.6 Å². The summed E-state index contributed by atoms with van der Waals surface area (Å²) in [5.74, 6) is -0.381. The third kappa shape index (κ3) is 4.10. The zero-order chi connectivity index (χ0) is 17.0. The normalized spacial score (nSPS) is 19.5. The van der Waals surface area contributed by atoms with E-state index in [-0.39, 0.29) is 18.4 Å². The maximum Gasteiger partial charge on any atom is 0.309 e. The third-order valence-electron chi connectivity index (χ3n) is 4.04. The molecule has 1 N–H and O–H groups in total. The number of piperazine rings is 1. The second-order valence-electron chi connectivity index (χ2n) is 5.77. The van der Waals surface area contributed by atoms with E-state index in [1.165, 1.54) is 11.4 Å². The summed E-state index contributed by atoms with van der Waals surface area (Å²) >= 11 is 0. The Balaban J connectivity index is 2.38. The number of aryl methyl sites for hydroxylation is 1. The molecular weight excluding hydrogens is 316 g/mol. The Hall–Kier alpha value is -1.44. The van der Waals surface area contributed by atoms with Gasteiger partial charge in [0.1, 0.15) is 0 Å². The van der Waals surface area contributed by atoms with Gasteiger partial charge in [-0.1, -0.05) is 19.1 Å². The number of benzene rings is 1. The summed E-state index contributed by atoms with van der Waals surface area (Å²) < 4.78 is 32.2. The van der Waals surface area contributed by atoms with Gasteiger partial charge in [0, 0.05) is 25.7 Å². The molecule has 2 rings (SSSR count). The van der Waals surface area contributed by atoms with Gasteiger partial charge in [0.05, 0.1) is 18.4 Å². The SMILES string of the molecule is CCc1ccc(CC(=O)OC)cc1S(=O)(=O)N1CCNC(C)C1. The number of rotatable bonds is 5. The predicted molar refractivity (Wildman–Crippen MR) is 87.8 cm³/mol. The van der Waals surface area contributed by atoms with Crippen LogP contribution in [0.25, 0.3) is 0 Å². The number of carbonyl (C=O) groups excluding carboxylic acids is 1. The van der Waals surface area contributed by atoms with E-state index in [4.69, 9.17) is 0 Å². The average molecular weight is 340 g/mol. The first-order valence-corrected chi connectivity index (χ1v) is 9.24. The van der Waals surface area contributed by atoms with E-state index in [1.807, 2.05) is 13.8 Å². The molecule has 0 spiro atoms. The molecule has 0 amide bonds. The first-order valence-electron chi connectivity index (χ1n) is 7.80. The molecule has 1 aromatic rings. The van der Waals surface area contributed by atoms with Crippen LogP contribution in [0.3, 0.4) is 0 Å². The molecule has 1 saturated heterocycles. The van der Waals surface area contributed by atoms with E-state index in [0.717, 1.165) is 5.56 Å². The number of sulfonamides is 1. The summed E-state index contributed by atoms with van der Waals surface area (Å²) in [7, 11) is -2.24. The number of methoxy groups -OCH3 is 1. The molecule has 128 valence electrons. The highest BCUT2D eigenvalue weighted by Crippen LogP contribution is 2.24. The smallest absolute Gasteiger partial charge is 0.309 e. The maximum absolute atomic E-state index is 13.0. The molecule has 0 aromatic heterocycles. The van der Waals surface area contributed by atoms with Gasteiger partial charge < -0.3 is 10.1 Å². The maximum atomic E-state index is 13.0. The van der Waals surface area contributed by atoms with Crippen molar-refractivity contribution in [3.8, 4) is 0 Å². The predicted octanol–water partition coefficient (Wildman–Crippen LogP) is 0.947. The fraction of sp³-hybridized carbons (Fsp3) is 0.562. The van der Waals surface area contributed by atoms with Crippen LogP contribution in [0.1, 0.15) is 25.0 Å². The first kappa shape index (κ1) is 17.9. The van der Waals surface area contributed by atoms with Gasteiger partial charge in [0.15, 0.2) is 0 Å². The molecule has 0 radical (unpaired) electrons. The van der Waals surface area contributed by atoms with E-state index in [0.29, 0.717) is 36.5 Å². The Morgan fingerprint density at radius 2 is 2.17 bits per heavy atom. The summed E-state index contributed by atoms with van der Waals surface area (Å²) in [5.41, 5.74) is 1.42. The van der Waals surface area contributed by atoms with Crippen molar-refractivity contribution in [1.29, 1.82) is 0 Å². The van der Waals surface area contributed by atoms with Crippen molar-refractivity contribution < 1.29 is 17.9 Å². The molecule has 1 fully saturated rings. The standard InChI is InChI=1S/C16H24N2O4S/c1-4-14-6-5-13(10-16(19)22-3)9-15(14)23(20,21)18-8-7-17-12(2)11-18/h5-6,9,12,17H,4,7-8,10-11H2,1-3H3. The number of nitrogens with one attached hydrogen (secondary N) is 1. The average Bonchev–Trinajstić information content (AvgIpc) is 2.54. The van der Waals surface area contributed by atoms with Crippen molar-refractivity contribution >= 4 is 16.0 Å². The third-order valence-corrected chi connectivity index (χ3v) is 5.99. The Kier molecular flexibility index (Phi) is 5.78. The highest BCUT2D eigenvalue weighted by molar-refractivity contribution is 7.89. The molecule has 1 unspecified atom stereocenters. The Bertz CT molecular complexity index is 673. The zero-order valence-electron chi connectivity index (χ0n) is 13.8. The molecule has 1 heterocycles. The van der Waals surface area contributed by atoms with Gasteiger partial charge in [0.25, 0.3) is 0 Å². The van der Waals surface area contributed by atoms with Gasteiger partial charge in [-0.3, -0.25) is 4.79 Å². The summed E-state index contributed by atoms with van der Waals surface area (Å²) in [6.45, 7) is 5.44. The molecule has 1 aliphatic rings. The summed E-state index contributed by atoms with van der Waals surface area (Å²) in [4.78, 5) is 11.8. The molecule has 0 saturated carbocycles. The van der Waals surface area contributed by atoms with Gasteiger partial charge in [0.2, 0.25) is 10.0 Å². The monoisotopic (exact) mass is 340 g/mol. The Morgan fingerprint density at radius 3 is 2.78 bits per heavy atom. The van der Waals surface area contributed by atoms with E-state index in [9.17, 15) is 13.2 Å². The van der Waals surface area contributed by atoms with Crippen molar-refractivity contribution in [2.75, 3.05) is 26.7 Å². The van der Waals surface area contributed by atoms with E-state index in [2.05, 4.69) is 10.1 Å². The Morgan fingerprint density at radius 1 is 1.43 bits per heavy atom. The van der Waals surface area contributed by atoms with Crippen LogP contribution in [0.2, 0.25) is 0 Å². The molecule has 1 aromatic carbocycles. The molecule has 0 aliphatic carbocycles. The fourth-order valence-corrected chi connectivity index (χ4v) is 4.61. The minimum atomic E-state index is -3.56.